The molecule has 0 spiro atoms. The van der Waals surface area contributed by atoms with E-state index in [4.69, 9.17) is 37.4 Å². The Kier molecular flexibility index (Phi) is 19.2. The third kappa shape index (κ3) is 14.9. The van der Waals surface area contributed by atoms with Crippen molar-refractivity contribution in [2.24, 2.45) is 0 Å². The standard InChI is InChI=1S/C22H25N5O3.C15H18N4O2.C7H8ClNO.C5H4ClNO/c1-3-29-17-10-11-23-21(14-17)30-18-9-8-16(2)26(15-18)22(28)19-6-4-5-7-20(19)27-24-12-13-25-27;1-11-6-7-12(20)10-18(11)15(21)13-4-2-3-5-14(13)19-16-8-9-17-19;1-2-10-6-3-4-9-7(8)5-6;6-5-3-4(8)1-2-7-5/h4-7,10-14,16,18H,3,8-9,15H2,1-2H3;2-5,8-9,11-12,20H,6-7,10H2,1H3;3-5H,2H2,1H3;1-3H,(H,7,8)/t16-,18-;11-,12-;;/m11../s1. The summed E-state index contributed by atoms with van der Waals surface area (Å²) in [6, 6.07) is 24.7. The van der Waals surface area contributed by atoms with Gasteiger partial charge in [-0.05, 0) is 89.8 Å². The number of rotatable bonds is 10. The molecule has 7 aromatic rings. The van der Waals surface area contributed by atoms with Crippen LogP contribution in [0.25, 0.3) is 11.4 Å². The van der Waals surface area contributed by atoms with E-state index in [-0.39, 0.29) is 35.4 Å². The number of piperidine rings is 2. The van der Waals surface area contributed by atoms with E-state index in [0.717, 1.165) is 37.2 Å². The summed E-state index contributed by atoms with van der Waals surface area (Å²) >= 11 is 11.0. The van der Waals surface area contributed by atoms with Gasteiger partial charge in [0.15, 0.2) is 5.43 Å². The van der Waals surface area contributed by atoms with Crippen LogP contribution in [0.5, 0.6) is 17.4 Å². The summed E-state index contributed by atoms with van der Waals surface area (Å²) in [4.78, 5) is 53.9. The van der Waals surface area contributed by atoms with Gasteiger partial charge in [-0.15, -0.1) is 0 Å². The fraction of sp³-hybridized carbons (Fsp3) is 0.327. The van der Waals surface area contributed by atoms with Gasteiger partial charge < -0.3 is 34.1 Å². The molecule has 4 atom stereocenters. The van der Waals surface area contributed by atoms with E-state index < -0.39 is 6.10 Å². The summed E-state index contributed by atoms with van der Waals surface area (Å²) in [6.07, 6.45) is 13.8. The van der Waals surface area contributed by atoms with Crippen LogP contribution in [0.15, 0.2) is 133 Å². The number of likely N-dealkylation sites (tertiary alicyclic amines) is 2. The Bertz CT molecular complexity index is 2740. The number of para-hydroxylation sites is 2. The first-order valence-corrected chi connectivity index (χ1v) is 23.2. The van der Waals surface area contributed by atoms with Gasteiger partial charge in [-0.1, -0.05) is 47.5 Å². The maximum Gasteiger partial charge on any atom is 0.256 e. The van der Waals surface area contributed by atoms with Gasteiger partial charge in [0.05, 0.1) is 73.2 Å². The quantitative estimate of drug-likeness (QED) is 0.127. The number of hydrogen-bond donors (Lipinski definition) is 2. The predicted octanol–water partition coefficient (Wildman–Crippen LogP) is 7.55. The minimum Gasteiger partial charge on any atom is -0.494 e. The second kappa shape index (κ2) is 25.8. The number of nitrogens with zero attached hydrogens (tertiary/aromatic N) is 10. The van der Waals surface area contributed by atoms with Crippen LogP contribution in [-0.2, 0) is 0 Å². The molecule has 2 saturated heterocycles. The molecule has 20 heteroatoms. The van der Waals surface area contributed by atoms with Crippen molar-refractivity contribution in [1.29, 1.82) is 0 Å². The van der Waals surface area contributed by atoms with Crippen LogP contribution in [0.1, 0.15) is 74.1 Å². The third-order valence-corrected chi connectivity index (χ3v) is 11.2. The highest BCUT2D eigenvalue weighted by molar-refractivity contribution is 6.29. The van der Waals surface area contributed by atoms with Crippen LogP contribution in [0.2, 0.25) is 10.3 Å². The number of amides is 2. The molecule has 0 saturated carbocycles. The minimum atomic E-state index is -0.444. The van der Waals surface area contributed by atoms with Crippen molar-refractivity contribution in [3.05, 3.63) is 160 Å². The molecular weight excluding hydrogens is 926 g/mol. The van der Waals surface area contributed by atoms with E-state index in [0.29, 0.717) is 65.0 Å². The summed E-state index contributed by atoms with van der Waals surface area (Å²) in [5.74, 6) is 1.85. The van der Waals surface area contributed by atoms with Crippen molar-refractivity contribution in [3.63, 3.8) is 0 Å². The zero-order valence-corrected chi connectivity index (χ0v) is 40.2. The molecule has 2 N–H and O–H groups in total. The Morgan fingerprint density at radius 3 is 1.71 bits per heavy atom. The lowest BCUT2D eigenvalue weighted by Crippen LogP contribution is -2.49. The fourth-order valence-electron chi connectivity index (χ4n) is 7.41. The van der Waals surface area contributed by atoms with E-state index in [1.807, 2.05) is 68.1 Å². The normalized spacial score (nSPS) is 17.4. The number of benzene rings is 2. The first-order chi connectivity index (χ1) is 33.4. The molecule has 0 bridgehead atoms. The molecule has 2 fully saturated rings. The Labute approximate surface area is 409 Å². The average molecular weight is 981 g/mol. The molecule has 2 amide bonds. The van der Waals surface area contributed by atoms with E-state index in [1.54, 1.807) is 72.4 Å². The molecule has 69 heavy (non-hydrogen) atoms. The van der Waals surface area contributed by atoms with Gasteiger partial charge >= 0.3 is 0 Å². The molecule has 2 aliphatic rings. The zero-order valence-electron chi connectivity index (χ0n) is 38.7. The number of carbonyl (C=O) groups is 2. The second-order valence-electron chi connectivity index (χ2n) is 15.7. The zero-order chi connectivity index (χ0) is 49.1. The van der Waals surface area contributed by atoms with Crippen molar-refractivity contribution >= 4 is 35.0 Å². The van der Waals surface area contributed by atoms with Crippen LogP contribution >= 0.6 is 23.2 Å². The summed E-state index contributed by atoms with van der Waals surface area (Å²) in [6.45, 7) is 10.0. The van der Waals surface area contributed by atoms with Crippen molar-refractivity contribution in [2.45, 2.75) is 77.7 Å². The van der Waals surface area contributed by atoms with Crippen molar-refractivity contribution < 1.29 is 28.9 Å². The molecule has 2 aliphatic heterocycles. The highest BCUT2D eigenvalue weighted by Crippen LogP contribution is 2.27. The molecule has 2 aromatic carbocycles. The van der Waals surface area contributed by atoms with E-state index >= 15 is 0 Å². The number of aliphatic hydroxyl groups is 1. The molecular formula is C49H55Cl2N11O7. The number of β-amino-alcohol motifs (C(OH)–C–C–N with tert-alkyl or cyclic N) is 1. The Balaban J connectivity index is 0.000000172. The van der Waals surface area contributed by atoms with Crippen LogP contribution in [0.3, 0.4) is 0 Å². The maximum absolute atomic E-state index is 13.4. The molecule has 0 radical (unpaired) electrons. The lowest BCUT2D eigenvalue weighted by atomic mass is 9.99. The molecule has 0 aliphatic carbocycles. The summed E-state index contributed by atoms with van der Waals surface area (Å²) in [5.41, 5.74) is 2.36. The highest BCUT2D eigenvalue weighted by atomic mass is 35.5. The predicted molar refractivity (Wildman–Crippen MR) is 261 cm³/mol. The van der Waals surface area contributed by atoms with Crippen molar-refractivity contribution in [3.8, 4) is 28.8 Å². The number of pyridine rings is 3. The highest BCUT2D eigenvalue weighted by Gasteiger charge is 2.33. The van der Waals surface area contributed by atoms with Gasteiger partial charge in [0.1, 0.15) is 27.9 Å². The van der Waals surface area contributed by atoms with Crippen LogP contribution in [0.4, 0.5) is 0 Å². The van der Waals surface area contributed by atoms with Gasteiger partial charge in [-0.2, -0.15) is 30.0 Å². The number of carbonyl (C=O) groups excluding carboxylic acids is 2. The summed E-state index contributed by atoms with van der Waals surface area (Å²) in [7, 11) is 0. The van der Waals surface area contributed by atoms with Gasteiger partial charge in [-0.3, -0.25) is 14.4 Å². The number of aromatic nitrogens is 9. The number of nitrogens with one attached hydrogen (secondary N) is 1. The van der Waals surface area contributed by atoms with E-state index in [2.05, 4.69) is 42.3 Å². The Morgan fingerprint density at radius 1 is 0.667 bits per heavy atom. The Morgan fingerprint density at radius 2 is 1.19 bits per heavy atom. The fourth-order valence-corrected chi connectivity index (χ4v) is 7.75. The first kappa shape index (κ1) is 51.2. The largest absolute Gasteiger partial charge is 0.494 e. The lowest BCUT2D eigenvalue weighted by Gasteiger charge is -2.38. The molecule has 0 unspecified atom stereocenters. The van der Waals surface area contributed by atoms with Gasteiger partial charge in [0.2, 0.25) is 5.88 Å². The molecule has 5 aromatic heterocycles. The van der Waals surface area contributed by atoms with E-state index in [1.165, 1.54) is 27.9 Å². The van der Waals surface area contributed by atoms with Crippen molar-refractivity contribution in [1.82, 2.24) is 54.7 Å². The number of ether oxygens (including phenoxy) is 3. The SMILES string of the molecule is CCOc1ccnc(Cl)c1.CCOc1ccnc(O[C@@H]2CC[C@@H](C)N(C(=O)c3ccccc3-n3nccn3)C2)c1.C[C@@H]1CC[C@@H](O)CN1C(=O)c1ccccc1-n1nccn1.O=c1cc[nH]c(Cl)c1. The van der Waals surface area contributed by atoms with Crippen LogP contribution in [-0.4, -0.2) is 122 Å². The number of aliphatic hydroxyl groups excluding tert-OH is 1. The molecule has 362 valence electrons. The molecule has 18 nitrogen and oxygen atoms in total. The van der Waals surface area contributed by atoms with E-state index in [9.17, 15) is 19.5 Å². The summed E-state index contributed by atoms with van der Waals surface area (Å²) in [5, 5.41) is 27.2. The third-order valence-electron chi connectivity index (χ3n) is 10.8. The number of H-pyrrole nitrogens is 1. The minimum absolute atomic E-state index is 0.0558. The second-order valence-corrected chi connectivity index (χ2v) is 16.5. The van der Waals surface area contributed by atoms with Crippen molar-refractivity contribution in [2.75, 3.05) is 26.3 Å². The number of aromatic amines is 1. The average Bonchev–Trinajstić information content (AvgIpc) is 4.10. The van der Waals surface area contributed by atoms with Crippen LogP contribution in [0, 0.1) is 0 Å². The number of hydrogen-bond acceptors (Lipinski definition) is 13. The van der Waals surface area contributed by atoms with Gasteiger partial charge in [0, 0.05) is 61.5 Å². The summed E-state index contributed by atoms with van der Waals surface area (Å²) < 4.78 is 16.8. The smallest absolute Gasteiger partial charge is 0.256 e. The van der Waals surface area contributed by atoms with Gasteiger partial charge in [0.25, 0.3) is 11.8 Å². The van der Waals surface area contributed by atoms with Crippen LogP contribution < -0.4 is 19.6 Å². The maximum atomic E-state index is 13.4. The number of halogens is 2. The topological polar surface area (TPSA) is 209 Å². The molecule has 9 rings (SSSR count). The molecule has 7 heterocycles. The first-order valence-electron chi connectivity index (χ1n) is 22.5. The van der Waals surface area contributed by atoms with Gasteiger partial charge in [-0.25, -0.2) is 9.97 Å². The lowest BCUT2D eigenvalue weighted by molar-refractivity contribution is 0.0309. The monoisotopic (exact) mass is 979 g/mol. The Hall–Kier alpha value is -7.15.